The van der Waals surface area contributed by atoms with Crippen molar-refractivity contribution in [2.45, 2.75) is 6.18 Å². The zero-order valence-electron chi connectivity index (χ0n) is 14.9. The molecule has 28 heavy (non-hydrogen) atoms. The molecule has 9 heteroatoms. The lowest BCUT2D eigenvalue weighted by atomic mass is 10.1. The molecule has 0 saturated carbocycles. The molecule has 1 N–H and O–H groups in total. The van der Waals surface area contributed by atoms with Crippen LogP contribution in [0.1, 0.15) is 15.9 Å². The maximum Gasteiger partial charge on any atom is 0.418 e. The second-order valence-electron chi connectivity index (χ2n) is 5.82. The van der Waals surface area contributed by atoms with E-state index in [2.05, 4.69) is 5.32 Å². The van der Waals surface area contributed by atoms with E-state index in [1.807, 2.05) is 0 Å². The van der Waals surface area contributed by atoms with Gasteiger partial charge < -0.3 is 15.0 Å². The van der Waals surface area contributed by atoms with Crippen LogP contribution in [0.5, 0.6) is 0 Å². The number of hydrogen-bond donors (Lipinski definition) is 1. The number of carbonyl (C=O) groups is 2. The second kappa shape index (κ2) is 9.32. The highest BCUT2D eigenvalue weighted by Gasteiger charge is 2.33. The van der Waals surface area contributed by atoms with Crippen LogP contribution in [0, 0.1) is 5.82 Å². The van der Waals surface area contributed by atoms with Gasteiger partial charge in [-0.1, -0.05) is 18.2 Å². The van der Waals surface area contributed by atoms with Crippen molar-refractivity contribution in [1.29, 1.82) is 0 Å². The van der Waals surface area contributed by atoms with E-state index in [9.17, 15) is 27.2 Å². The lowest BCUT2D eigenvalue weighted by Crippen LogP contribution is -2.40. The zero-order chi connectivity index (χ0) is 20.7. The maximum absolute atomic E-state index is 13.4. The number of nitrogens with one attached hydrogen (secondary N) is 1. The van der Waals surface area contributed by atoms with Gasteiger partial charge in [0.2, 0.25) is 5.91 Å². The molecule has 0 heterocycles. The van der Waals surface area contributed by atoms with E-state index >= 15 is 0 Å². The fourth-order valence-electron chi connectivity index (χ4n) is 2.46. The normalized spacial score (nSPS) is 11.2. The number of para-hydroxylation sites is 1. The summed E-state index contributed by atoms with van der Waals surface area (Å²) in [4.78, 5) is 25.9. The number of anilines is 1. The minimum Gasteiger partial charge on any atom is -0.383 e. The summed E-state index contributed by atoms with van der Waals surface area (Å²) in [6, 6.07) is 9.42. The van der Waals surface area contributed by atoms with Crippen LogP contribution in [0.2, 0.25) is 0 Å². The van der Waals surface area contributed by atoms with E-state index in [0.29, 0.717) is 0 Å². The number of alkyl halides is 3. The molecule has 0 atom stereocenters. The Hall–Kier alpha value is -2.94. The van der Waals surface area contributed by atoms with Crippen LogP contribution >= 0.6 is 0 Å². The number of methoxy groups -OCH3 is 1. The van der Waals surface area contributed by atoms with E-state index in [-0.39, 0.29) is 18.7 Å². The van der Waals surface area contributed by atoms with Crippen molar-refractivity contribution in [3.8, 4) is 0 Å². The Kier molecular flexibility index (Phi) is 7.11. The van der Waals surface area contributed by atoms with Crippen molar-refractivity contribution in [2.75, 3.05) is 32.1 Å². The minimum absolute atomic E-state index is 0.000183. The van der Waals surface area contributed by atoms with Crippen LogP contribution in [-0.4, -0.2) is 43.5 Å². The van der Waals surface area contributed by atoms with Crippen molar-refractivity contribution >= 4 is 17.5 Å². The highest BCUT2D eigenvalue weighted by atomic mass is 19.4. The van der Waals surface area contributed by atoms with Gasteiger partial charge in [0.25, 0.3) is 5.91 Å². The van der Waals surface area contributed by atoms with Crippen molar-refractivity contribution in [3.05, 3.63) is 65.5 Å². The summed E-state index contributed by atoms with van der Waals surface area (Å²) in [7, 11) is 1.39. The molecule has 2 amide bonds. The number of halogens is 4. The van der Waals surface area contributed by atoms with E-state index in [1.165, 1.54) is 31.4 Å². The number of benzene rings is 2. The smallest absolute Gasteiger partial charge is 0.383 e. The van der Waals surface area contributed by atoms with Crippen LogP contribution in [-0.2, 0) is 15.7 Å². The second-order valence-corrected chi connectivity index (χ2v) is 5.82. The van der Waals surface area contributed by atoms with E-state index < -0.39 is 41.6 Å². The largest absolute Gasteiger partial charge is 0.418 e. The molecule has 0 aliphatic heterocycles. The summed E-state index contributed by atoms with van der Waals surface area (Å²) in [5.74, 6) is -2.09. The Bertz CT molecular complexity index is 840. The molecule has 2 aromatic carbocycles. The highest BCUT2D eigenvalue weighted by molar-refractivity contribution is 5.99. The number of carbonyl (C=O) groups excluding carboxylic acids is 2. The quantitative estimate of drug-likeness (QED) is 0.726. The van der Waals surface area contributed by atoms with Gasteiger partial charge in [0, 0.05) is 19.2 Å². The first kappa shape index (κ1) is 21.4. The average molecular weight is 398 g/mol. The lowest BCUT2D eigenvalue weighted by Gasteiger charge is -2.22. The zero-order valence-corrected chi connectivity index (χ0v) is 14.9. The van der Waals surface area contributed by atoms with E-state index in [1.54, 1.807) is 0 Å². The molecule has 5 nitrogen and oxygen atoms in total. The SMILES string of the molecule is COCCN(CC(=O)Nc1ccccc1C(F)(F)F)C(=O)c1cccc(F)c1. The van der Waals surface area contributed by atoms with Crippen molar-refractivity contribution in [1.82, 2.24) is 4.90 Å². The van der Waals surface area contributed by atoms with Crippen LogP contribution in [0.4, 0.5) is 23.2 Å². The van der Waals surface area contributed by atoms with Gasteiger partial charge in [-0.25, -0.2) is 4.39 Å². The number of nitrogens with zero attached hydrogens (tertiary/aromatic N) is 1. The molecule has 0 spiro atoms. The van der Waals surface area contributed by atoms with Crippen molar-refractivity contribution in [3.63, 3.8) is 0 Å². The summed E-state index contributed by atoms with van der Waals surface area (Å²) in [5, 5.41) is 2.17. The van der Waals surface area contributed by atoms with Gasteiger partial charge in [-0.3, -0.25) is 9.59 Å². The van der Waals surface area contributed by atoms with Crippen LogP contribution in [0.15, 0.2) is 48.5 Å². The summed E-state index contributed by atoms with van der Waals surface area (Å²) in [6.07, 6.45) is -4.64. The third kappa shape index (κ3) is 5.78. The predicted octanol–water partition coefficient (Wildman–Crippen LogP) is 3.57. The fourth-order valence-corrected chi connectivity index (χ4v) is 2.46. The lowest BCUT2D eigenvalue weighted by molar-refractivity contribution is -0.137. The molecule has 2 aromatic rings. The third-order valence-corrected chi connectivity index (χ3v) is 3.77. The van der Waals surface area contributed by atoms with E-state index in [4.69, 9.17) is 4.74 Å². The average Bonchev–Trinajstić information content (AvgIpc) is 2.64. The Morgan fingerprint density at radius 1 is 1.11 bits per heavy atom. The monoisotopic (exact) mass is 398 g/mol. The topological polar surface area (TPSA) is 58.6 Å². The Morgan fingerprint density at radius 2 is 1.82 bits per heavy atom. The molecule has 0 aliphatic rings. The molecule has 0 saturated heterocycles. The van der Waals surface area contributed by atoms with E-state index in [0.717, 1.165) is 29.2 Å². The molecule has 150 valence electrons. The molecule has 0 radical (unpaired) electrons. The fraction of sp³-hybridized carbons (Fsp3) is 0.263. The Morgan fingerprint density at radius 3 is 2.46 bits per heavy atom. The first-order valence-corrected chi connectivity index (χ1v) is 8.22. The Labute approximate surface area is 158 Å². The van der Waals surface area contributed by atoms with Gasteiger partial charge in [-0.15, -0.1) is 0 Å². The summed E-state index contributed by atoms with van der Waals surface area (Å²) in [5.41, 5.74) is -1.40. The molecule has 0 fully saturated rings. The molecular formula is C19H18F4N2O3. The van der Waals surface area contributed by atoms with Crippen molar-refractivity contribution in [2.24, 2.45) is 0 Å². The summed E-state index contributed by atoms with van der Waals surface area (Å²) < 4.78 is 57.4. The summed E-state index contributed by atoms with van der Waals surface area (Å²) in [6.45, 7) is -0.432. The predicted molar refractivity (Wildman–Crippen MR) is 94.3 cm³/mol. The first-order valence-electron chi connectivity index (χ1n) is 8.22. The Balaban J connectivity index is 2.17. The molecule has 0 aromatic heterocycles. The third-order valence-electron chi connectivity index (χ3n) is 3.77. The maximum atomic E-state index is 13.4. The molecule has 0 aliphatic carbocycles. The van der Waals surface area contributed by atoms with Gasteiger partial charge in [0.1, 0.15) is 12.4 Å². The van der Waals surface area contributed by atoms with Crippen LogP contribution in [0.25, 0.3) is 0 Å². The van der Waals surface area contributed by atoms with Gasteiger partial charge in [0.05, 0.1) is 17.9 Å². The molecule has 2 rings (SSSR count). The molecule has 0 bridgehead atoms. The van der Waals surface area contributed by atoms with Crippen molar-refractivity contribution < 1.29 is 31.9 Å². The molecule has 0 unspecified atom stereocenters. The first-order chi connectivity index (χ1) is 13.2. The summed E-state index contributed by atoms with van der Waals surface area (Å²) >= 11 is 0. The van der Waals surface area contributed by atoms with Gasteiger partial charge in [-0.05, 0) is 30.3 Å². The number of hydrogen-bond acceptors (Lipinski definition) is 3. The number of ether oxygens (including phenoxy) is 1. The number of rotatable bonds is 7. The highest BCUT2D eigenvalue weighted by Crippen LogP contribution is 2.34. The number of amides is 2. The minimum atomic E-state index is -4.64. The van der Waals surface area contributed by atoms with Crippen LogP contribution in [0.3, 0.4) is 0 Å². The molecular weight excluding hydrogens is 380 g/mol. The van der Waals surface area contributed by atoms with Crippen LogP contribution < -0.4 is 5.32 Å². The van der Waals surface area contributed by atoms with Gasteiger partial charge in [0.15, 0.2) is 0 Å². The van der Waals surface area contributed by atoms with Gasteiger partial charge >= 0.3 is 6.18 Å². The van der Waals surface area contributed by atoms with Gasteiger partial charge in [-0.2, -0.15) is 13.2 Å². The standard InChI is InChI=1S/C19H18F4N2O3/c1-28-10-9-25(18(27)13-5-4-6-14(20)11-13)12-17(26)24-16-8-3-2-7-15(16)19(21,22)23/h2-8,11H,9-10,12H2,1H3,(H,24,26).